The lowest BCUT2D eigenvalue weighted by molar-refractivity contribution is -0.142. The first-order valence-corrected chi connectivity index (χ1v) is 5.05. The molecule has 0 saturated carbocycles. The second-order valence-electron chi connectivity index (χ2n) is 3.09. The Kier molecular flexibility index (Phi) is 4.98. The standard InChI is InChI=1S/C11H14N2O3/c1-2-16-11(14)6-5-10(13-15)9-4-3-7-12-8-9/h3-4,7-8,15H,2,5-6H2,1H3/b13-10-. The van der Waals surface area contributed by atoms with Crippen molar-refractivity contribution in [1.82, 2.24) is 4.98 Å². The van der Waals surface area contributed by atoms with Crippen LogP contribution in [0.3, 0.4) is 0 Å². The average Bonchev–Trinajstić information content (AvgIpc) is 2.31. The number of hydrogen-bond donors (Lipinski definition) is 1. The zero-order chi connectivity index (χ0) is 11.8. The van der Waals surface area contributed by atoms with Gasteiger partial charge in [-0.15, -0.1) is 0 Å². The molecule has 5 nitrogen and oxygen atoms in total. The van der Waals surface area contributed by atoms with E-state index in [1.807, 2.05) is 0 Å². The molecule has 0 radical (unpaired) electrons. The molecule has 1 heterocycles. The predicted molar refractivity (Wildman–Crippen MR) is 58.4 cm³/mol. The highest BCUT2D eigenvalue weighted by atomic mass is 16.5. The summed E-state index contributed by atoms with van der Waals surface area (Å²) in [4.78, 5) is 15.0. The molecule has 1 rings (SSSR count). The van der Waals surface area contributed by atoms with Crippen molar-refractivity contribution in [3.05, 3.63) is 30.1 Å². The first kappa shape index (κ1) is 12.2. The van der Waals surface area contributed by atoms with Crippen molar-refractivity contribution in [2.24, 2.45) is 5.16 Å². The first-order chi connectivity index (χ1) is 7.77. The van der Waals surface area contributed by atoms with Gasteiger partial charge in [0.2, 0.25) is 0 Å². The summed E-state index contributed by atoms with van der Waals surface area (Å²) in [5.41, 5.74) is 1.13. The number of ether oxygens (including phenoxy) is 1. The van der Waals surface area contributed by atoms with Crippen LogP contribution in [0.4, 0.5) is 0 Å². The van der Waals surface area contributed by atoms with Gasteiger partial charge in [0.1, 0.15) is 0 Å². The average molecular weight is 222 g/mol. The van der Waals surface area contributed by atoms with E-state index < -0.39 is 0 Å². The number of aromatic nitrogens is 1. The minimum Gasteiger partial charge on any atom is -0.466 e. The number of oxime groups is 1. The third kappa shape index (κ3) is 3.68. The molecule has 1 aromatic rings. The van der Waals surface area contributed by atoms with Crippen molar-refractivity contribution >= 4 is 11.7 Å². The van der Waals surface area contributed by atoms with E-state index >= 15 is 0 Å². The molecule has 1 aromatic heterocycles. The number of carbonyl (C=O) groups is 1. The SMILES string of the molecule is CCOC(=O)CC/C(=N/O)c1cccnc1. The van der Waals surface area contributed by atoms with Gasteiger partial charge in [0, 0.05) is 24.4 Å². The Morgan fingerprint density at radius 2 is 2.38 bits per heavy atom. The fourth-order valence-corrected chi connectivity index (χ4v) is 1.24. The van der Waals surface area contributed by atoms with Crippen LogP contribution in [-0.4, -0.2) is 28.5 Å². The molecule has 16 heavy (non-hydrogen) atoms. The smallest absolute Gasteiger partial charge is 0.306 e. The van der Waals surface area contributed by atoms with Crippen LogP contribution in [0.1, 0.15) is 25.3 Å². The van der Waals surface area contributed by atoms with E-state index in [1.165, 1.54) is 0 Å². The van der Waals surface area contributed by atoms with E-state index in [4.69, 9.17) is 9.94 Å². The minimum absolute atomic E-state index is 0.197. The summed E-state index contributed by atoms with van der Waals surface area (Å²) >= 11 is 0. The quantitative estimate of drug-likeness (QED) is 0.355. The molecule has 5 heteroatoms. The maximum Gasteiger partial charge on any atom is 0.306 e. The molecular weight excluding hydrogens is 208 g/mol. The molecule has 0 aromatic carbocycles. The van der Waals surface area contributed by atoms with Crippen LogP contribution in [0.15, 0.2) is 29.7 Å². The second-order valence-corrected chi connectivity index (χ2v) is 3.09. The van der Waals surface area contributed by atoms with Gasteiger partial charge in [-0.25, -0.2) is 0 Å². The van der Waals surface area contributed by atoms with E-state index in [1.54, 1.807) is 31.5 Å². The largest absolute Gasteiger partial charge is 0.466 e. The summed E-state index contributed by atoms with van der Waals surface area (Å²) in [5.74, 6) is -0.299. The fraction of sp³-hybridized carbons (Fsp3) is 0.364. The van der Waals surface area contributed by atoms with Crippen molar-refractivity contribution in [1.29, 1.82) is 0 Å². The molecule has 0 fully saturated rings. The first-order valence-electron chi connectivity index (χ1n) is 5.05. The number of esters is 1. The number of pyridine rings is 1. The topological polar surface area (TPSA) is 71.8 Å². The van der Waals surface area contributed by atoms with E-state index in [-0.39, 0.29) is 12.4 Å². The van der Waals surface area contributed by atoms with E-state index in [0.29, 0.717) is 24.3 Å². The lowest BCUT2D eigenvalue weighted by Crippen LogP contribution is -2.09. The third-order valence-electron chi connectivity index (χ3n) is 1.99. The van der Waals surface area contributed by atoms with Gasteiger partial charge in [0.25, 0.3) is 0 Å². The Balaban J connectivity index is 2.55. The molecule has 0 aliphatic carbocycles. The highest BCUT2D eigenvalue weighted by Crippen LogP contribution is 2.05. The highest BCUT2D eigenvalue weighted by Gasteiger charge is 2.08. The normalized spacial score (nSPS) is 11.2. The Morgan fingerprint density at radius 1 is 1.56 bits per heavy atom. The molecule has 0 atom stereocenters. The zero-order valence-corrected chi connectivity index (χ0v) is 9.09. The van der Waals surface area contributed by atoms with E-state index in [9.17, 15) is 4.79 Å². The number of nitrogens with zero attached hydrogens (tertiary/aromatic N) is 2. The van der Waals surface area contributed by atoms with E-state index in [0.717, 1.165) is 0 Å². The van der Waals surface area contributed by atoms with Crippen molar-refractivity contribution in [2.45, 2.75) is 19.8 Å². The zero-order valence-electron chi connectivity index (χ0n) is 9.09. The molecule has 0 amide bonds. The van der Waals surface area contributed by atoms with Crippen molar-refractivity contribution in [3.8, 4) is 0 Å². The Morgan fingerprint density at radius 3 is 2.94 bits per heavy atom. The van der Waals surface area contributed by atoms with Gasteiger partial charge in [-0.3, -0.25) is 9.78 Å². The third-order valence-corrected chi connectivity index (χ3v) is 1.99. The van der Waals surface area contributed by atoms with Gasteiger partial charge >= 0.3 is 5.97 Å². The van der Waals surface area contributed by atoms with Gasteiger partial charge in [0.05, 0.1) is 18.7 Å². The monoisotopic (exact) mass is 222 g/mol. The molecule has 0 saturated heterocycles. The van der Waals surface area contributed by atoms with Crippen molar-refractivity contribution < 1.29 is 14.7 Å². The molecule has 0 unspecified atom stereocenters. The maximum absolute atomic E-state index is 11.1. The molecule has 0 aliphatic heterocycles. The van der Waals surface area contributed by atoms with Crippen LogP contribution in [0.2, 0.25) is 0 Å². The van der Waals surface area contributed by atoms with Crippen LogP contribution in [0, 0.1) is 0 Å². The van der Waals surface area contributed by atoms with Gasteiger partial charge in [-0.05, 0) is 19.1 Å². The van der Waals surface area contributed by atoms with Crippen LogP contribution in [-0.2, 0) is 9.53 Å². The number of rotatable bonds is 5. The molecule has 0 aliphatic rings. The fourth-order valence-electron chi connectivity index (χ4n) is 1.24. The number of hydrogen-bond acceptors (Lipinski definition) is 5. The van der Waals surface area contributed by atoms with Gasteiger partial charge < -0.3 is 9.94 Å². The Labute approximate surface area is 93.8 Å². The summed E-state index contributed by atoms with van der Waals surface area (Å²) in [5, 5.41) is 12.0. The van der Waals surface area contributed by atoms with Gasteiger partial charge in [-0.1, -0.05) is 5.16 Å². The van der Waals surface area contributed by atoms with Crippen LogP contribution in [0.25, 0.3) is 0 Å². The Hall–Kier alpha value is -1.91. The molecule has 0 spiro atoms. The Bertz CT molecular complexity index is 363. The molecular formula is C11H14N2O3. The number of carbonyl (C=O) groups excluding carboxylic acids is 1. The van der Waals surface area contributed by atoms with E-state index in [2.05, 4.69) is 10.1 Å². The maximum atomic E-state index is 11.1. The van der Waals surface area contributed by atoms with Crippen LogP contribution in [0.5, 0.6) is 0 Å². The predicted octanol–water partition coefficient (Wildman–Crippen LogP) is 1.60. The molecule has 0 bridgehead atoms. The molecule has 1 N–H and O–H groups in total. The second kappa shape index (κ2) is 6.55. The summed E-state index contributed by atoms with van der Waals surface area (Å²) < 4.78 is 4.78. The van der Waals surface area contributed by atoms with Gasteiger partial charge in [0.15, 0.2) is 0 Å². The summed E-state index contributed by atoms with van der Waals surface area (Å²) in [6.07, 6.45) is 3.74. The highest BCUT2D eigenvalue weighted by molar-refractivity contribution is 6.01. The molecule has 86 valence electrons. The summed E-state index contributed by atoms with van der Waals surface area (Å²) in [6, 6.07) is 3.51. The van der Waals surface area contributed by atoms with Crippen molar-refractivity contribution in [2.75, 3.05) is 6.61 Å². The van der Waals surface area contributed by atoms with Crippen molar-refractivity contribution in [3.63, 3.8) is 0 Å². The lowest BCUT2D eigenvalue weighted by atomic mass is 10.1. The van der Waals surface area contributed by atoms with Crippen LogP contribution >= 0.6 is 0 Å². The summed E-state index contributed by atoms with van der Waals surface area (Å²) in [7, 11) is 0. The van der Waals surface area contributed by atoms with Crippen LogP contribution < -0.4 is 0 Å². The summed E-state index contributed by atoms with van der Waals surface area (Å²) in [6.45, 7) is 2.11. The lowest BCUT2D eigenvalue weighted by Gasteiger charge is -2.03. The van der Waals surface area contributed by atoms with Gasteiger partial charge in [-0.2, -0.15) is 0 Å². The minimum atomic E-state index is -0.299.